The fourth-order valence-electron chi connectivity index (χ4n) is 12.0. The number of halogens is 2. The Kier molecular flexibility index (Phi) is 10.1. The number of piperazine rings is 1. The number of carbonyl (C=O) groups is 3. The van der Waals surface area contributed by atoms with Gasteiger partial charge >= 0.3 is 0 Å². The first kappa shape index (κ1) is 40.5. The average Bonchev–Trinajstić information content (AvgIpc) is 4.01. The molecule has 0 radical (unpaired) electrons. The summed E-state index contributed by atoms with van der Waals surface area (Å²) in [4.78, 5) is 48.7. The number of methoxy groups -OCH3 is 1. The van der Waals surface area contributed by atoms with Crippen LogP contribution in [0.15, 0.2) is 48.7 Å². The van der Waals surface area contributed by atoms with Gasteiger partial charge in [0.25, 0.3) is 12.3 Å². The lowest BCUT2D eigenvalue weighted by atomic mass is 9.83. The number of hydrogen-bond donors (Lipinski definition) is 2. The van der Waals surface area contributed by atoms with Crippen LogP contribution >= 0.6 is 0 Å². The topological polar surface area (TPSA) is 136 Å². The molecule has 11 rings (SSSR count). The summed E-state index contributed by atoms with van der Waals surface area (Å²) in [5.41, 5.74) is 7.32. The molecule has 2 N–H and O–H groups in total. The molecule has 1 spiro atoms. The Morgan fingerprint density at radius 3 is 2.63 bits per heavy atom. The SMILES string of the molecule is COc1cc(N2CCC3(CC2)CC(CN2CCN4c5ccc6c(c5OC[C@H]4C2)CN(C2CCC(=O)NC2=O)C6=O)CO3)ccc1[C@@H]1c2ccc3[nH]ncc3c2C[C@@H](C)N1CC(F)F. The van der Waals surface area contributed by atoms with Gasteiger partial charge in [0.1, 0.15) is 24.1 Å². The Labute approximate surface area is 364 Å². The summed E-state index contributed by atoms with van der Waals surface area (Å²) >= 11 is 0. The van der Waals surface area contributed by atoms with E-state index < -0.39 is 18.4 Å². The largest absolute Gasteiger partial charge is 0.496 e. The van der Waals surface area contributed by atoms with Crippen LogP contribution in [0.4, 0.5) is 20.2 Å². The van der Waals surface area contributed by atoms with Gasteiger partial charge in [-0.15, -0.1) is 0 Å². The molecule has 7 aliphatic rings. The van der Waals surface area contributed by atoms with Gasteiger partial charge < -0.3 is 28.9 Å². The van der Waals surface area contributed by atoms with E-state index in [1.807, 2.05) is 36.2 Å². The summed E-state index contributed by atoms with van der Waals surface area (Å²) in [6, 6.07) is 13.2. The lowest BCUT2D eigenvalue weighted by Gasteiger charge is -2.46. The van der Waals surface area contributed by atoms with E-state index in [9.17, 15) is 23.2 Å². The molecule has 3 aromatic carbocycles. The van der Waals surface area contributed by atoms with Crippen LogP contribution in [0.2, 0.25) is 0 Å². The number of nitrogens with zero attached hydrogens (tertiary/aromatic N) is 6. The number of H-pyrrole nitrogens is 1. The fourth-order valence-corrected chi connectivity index (χ4v) is 12.0. The minimum atomic E-state index is -2.46. The van der Waals surface area contributed by atoms with Crippen LogP contribution < -0.4 is 24.6 Å². The Balaban J connectivity index is 0.720. The first-order valence-corrected chi connectivity index (χ1v) is 22.5. The van der Waals surface area contributed by atoms with Gasteiger partial charge in [0, 0.05) is 85.6 Å². The quantitative estimate of drug-likeness (QED) is 0.235. The summed E-state index contributed by atoms with van der Waals surface area (Å²) < 4.78 is 47.4. The second-order valence-corrected chi connectivity index (χ2v) is 18.7. The highest BCUT2D eigenvalue weighted by Crippen LogP contribution is 2.47. The van der Waals surface area contributed by atoms with Crippen LogP contribution in [0.1, 0.15) is 77.7 Å². The Morgan fingerprint density at radius 1 is 0.984 bits per heavy atom. The summed E-state index contributed by atoms with van der Waals surface area (Å²) in [7, 11) is 1.67. The molecule has 332 valence electrons. The van der Waals surface area contributed by atoms with Gasteiger partial charge in [-0.1, -0.05) is 12.1 Å². The number of hydrogen-bond acceptors (Lipinski definition) is 11. The highest BCUT2D eigenvalue weighted by molar-refractivity contribution is 6.06. The number of alkyl halides is 2. The number of aromatic amines is 1. The maximum absolute atomic E-state index is 14.1. The summed E-state index contributed by atoms with van der Waals surface area (Å²) in [6.07, 6.45) is 3.48. The smallest absolute Gasteiger partial charge is 0.255 e. The minimum Gasteiger partial charge on any atom is -0.496 e. The minimum absolute atomic E-state index is 0.100. The highest BCUT2D eigenvalue weighted by atomic mass is 19.3. The molecule has 2 unspecified atom stereocenters. The second kappa shape index (κ2) is 15.7. The van der Waals surface area contributed by atoms with Gasteiger partial charge in [-0.3, -0.25) is 34.6 Å². The zero-order chi connectivity index (χ0) is 43.1. The first-order chi connectivity index (χ1) is 30.6. The van der Waals surface area contributed by atoms with Gasteiger partial charge in [-0.25, -0.2) is 8.78 Å². The number of rotatable bonds is 8. The molecule has 0 bridgehead atoms. The van der Waals surface area contributed by atoms with Crippen LogP contribution in [-0.2, 0) is 27.3 Å². The van der Waals surface area contributed by atoms with Crippen molar-refractivity contribution in [3.8, 4) is 11.5 Å². The van der Waals surface area contributed by atoms with Crippen LogP contribution in [-0.4, -0.2) is 139 Å². The first-order valence-electron chi connectivity index (χ1n) is 22.5. The van der Waals surface area contributed by atoms with Crippen molar-refractivity contribution in [3.63, 3.8) is 0 Å². The van der Waals surface area contributed by atoms with Crippen molar-refractivity contribution in [3.05, 3.63) is 76.5 Å². The van der Waals surface area contributed by atoms with Crippen LogP contribution in [0.25, 0.3) is 10.9 Å². The van der Waals surface area contributed by atoms with Gasteiger partial charge in [-0.2, -0.15) is 5.10 Å². The zero-order valence-corrected chi connectivity index (χ0v) is 35.8. The zero-order valence-electron chi connectivity index (χ0n) is 35.8. The molecule has 4 fully saturated rings. The lowest BCUT2D eigenvalue weighted by Crippen LogP contribution is -2.58. The van der Waals surface area contributed by atoms with E-state index >= 15 is 0 Å². The monoisotopic (exact) mass is 864 g/mol. The third-order valence-corrected chi connectivity index (χ3v) is 15.1. The summed E-state index contributed by atoms with van der Waals surface area (Å²) in [5.74, 6) is 0.976. The van der Waals surface area contributed by atoms with Crippen LogP contribution in [0.5, 0.6) is 11.5 Å². The number of anilines is 2. The van der Waals surface area contributed by atoms with E-state index in [0.717, 1.165) is 115 Å². The number of nitrogens with one attached hydrogen (secondary N) is 2. The number of amides is 3. The Hall–Kier alpha value is -5.32. The van der Waals surface area contributed by atoms with E-state index in [4.69, 9.17) is 14.2 Å². The maximum Gasteiger partial charge on any atom is 0.255 e. The number of carbonyl (C=O) groups excluding carboxylic acids is 3. The molecule has 63 heavy (non-hydrogen) atoms. The normalized spacial score (nSPS) is 27.1. The molecule has 14 nitrogen and oxygen atoms in total. The molecular formula is C47H54F2N8O6. The molecule has 3 amide bonds. The van der Waals surface area contributed by atoms with E-state index in [0.29, 0.717) is 43.2 Å². The second-order valence-electron chi connectivity index (χ2n) is 18.7. The highest BCUT2D eigenvalue weighted by Gasteiger charge is 2.46. The van der Waals surface area contributed by atoms with Crippen molar-refractivity contribution in [2.45, 2.75) is 88.2 Å². The molecule has 7 aliphatic heterocycles. The number of benzene rings is 3. The van der Waals surface area contributed by atoms with Crippen molar-refractivity contribution in [2.75, 3.05) is 75.9 Å². The van der Waals surface area contributed by atoms with Crippen LogP contribution in [0, 0.1) is 5.92 Å². The fraction of sp³-hybridized carbons (Fsp3) is 0.532. The average molecular weight is 865 g/mol. The molecule has 0 aliphatic carbocycles. The van der Waals surface area contributed by atoms with Crippen molar-refractivity contribution >= 4 is 40.0 Å². The van der Waals surface area contributed by atoms with Gasteiger partial charge in [-0.05, 0) is 80.3 Å². The molecule has 4 aromatic rings. The lowest BCUT2D eigenvalue weighted by molar-refractivity contribution is -0.136. The predicted octanol–water partition coefficient (Wildman–Crippen LogP) is 4.89. The number of piperidine rings is 2. The van der Waals surface area contributed by atoms with Crippen molar-refractivity contribution in [1.82, 2.24) is 30.2 Å². The molecule has 16 heteroatoms. The molecule has 1 aromatic heterocycles. The van der Waals surface area contributed by atoms with Crippen LogP contribution in [0.3, 0.4) is 0 Å². The molecular weight excluding hydrogens is 811 g/mol. The predicted molar refractivity (Wildman–Crippen MR) is 231 cm³/mol. The number of imide groups is 1. The number of aromatic nitrogens is 2. The Morgan fingerprint density at radius 2 is 1.83 bits per heavy atom. The van der Waals surface area contributed by atoms with Crippen molar-refractivity contribution < 1.29 is 37.4 Å². The number of ether oxygens (including phenoxy) is 3. The van der Waals surface area contributed by atoms with E-state index in [1.54, 1.807) is 12.0 Å². The molecule has 0 saturated carbocycles. The Bertz CT molecular complexity index is 2470. The maximum atomic E-state index is 14.1. The van der Waals surface area contributed by atoms with Gasteiger partial charge in [0.05, 0.1) is 61.9 Å². The van der Waals surface area contributed by atoms with E-state index in [-0.39, 0.29) is 48.5 Å². The van der Waals surface area contributed by atoms with E-state index in [2.05, 4.69) is 54.5 Å². The van der Waals surface area contributed by atoms with Crippen molar-refractivity contribution in [2.24, 2.45) is 5.92 Å². The molecule has 4 saturated heterocycles. The summed E-state index contributed by atoms with van der Waals surface area (Å²) in [6.45, 7) is 8.60. The molecule has 5 atom stereocenters. The number of fused-ring (bicyclic) bond motifs is 8. The standard InChI is InChI=1S/C47H54F2N8O6/c1-27-17-34-31(5-7-37-35(34)20-50-52-37)43(56(27)24-41(48)49)33-4-3-29(18-40(33)61-2)54-13-11-47(12-14-54)19-28(25-63-47)21-53-15-16-55-30(22-53)26-62-44-36-23-57(39-9-10-42(58)51-45(39)59)46(60)32(36)6-8-38(44)55/h3-8,18,20,27-28,30,39,41,43H,9-17,19,21-26H2,1-2H3,(H,50,52)(H,51,58,59)/t27-,28?,30-,39?,43+/m1/s1. The third-order valence-electron chi connectivity index (χ3n) is 15.1. The van der Waals surface area contributed by atoms with Gasteiger partial charge in [0.15, 0.2) is 0 Å². The summed E-state index contributed by atoms with van der Waals surface area (Å²) in [5, 5.41) is 10.8. The van der Waals surface area contributed by atoms with Gasteiger partial charge in [0.2, 0.25) is 11.8 Å². The molecule has 8 heterocycles. The third kappa shape index (κ3) is 6.99. The van der Waals surface area contributed by atoms with E-state index in [1.165, 1.54) is 0 Å². The van der Waals surface area contributed by atoms with Crippen molar-refractivity contribution in [1.29, 1.82) is 0 Å².